The largest absolute Gasteiger partial charge is 0.338 e. The number of carbonyl (C=O) groups excluding carboxylic acids is 1. The van der Waals surface area contributed by atoms with Crippen LogP contribution in [0.2, 0.25) is 0 Å². The normalized spacial score (nSPS) is 15.7. The van der Waals surface area contributed by atoms with Crippen molar-refractivity contribution in [2.24, 2.45) is 0 Å². The topological polar surface area (TPSA) is 61.9 Å². The average Bonchev–Trinajstić information content (AvgIpc) is 3.14. The molecule has 1 aromatic carbocycles. The zero-order valence-corrected chi connectivity index (χ0v) is 15.5. The van der Waals surface area contributed by atoms with Crippen molar-refractivity contribution >= 4 is 22.6 Å². The minimum absolute atomic E-state index is 0.186. The minimum Gasteiger partial charge on any atom is -0.338 e. The van der Waals surface area contributed by atoms with Crippen LogP contribution >= 0.6 is 0 Å². The predicted molar refractivity (Wildman–Crippen MR) is 104 cm³/mol. The third-order valence-electron chi connectivity index (χ3n) is 5.28. The van der Waals surface area contributed by atoms with Crippen LogP contribution in [-0.4, -0.2) is 27.4 Å². The van der Waals surface area contributed by atoms with E-state index in [0.29, 0.717) is 0 Å². The van der Waals surface area contributed by atoms with E-state index in [1.165, 1.54) is 0 Å². The number of fused-ring (bicyclic) bond motifs is 2. The number of aromatic amines is 1. The molecule has 0 bridgehead atoms. The summed E-state index contributed by atoms with van der Waals surface area (Å²) in [4.78, 5) is 27.1. The summed E-state index contributed by atoms with van der Waals surface area (Å²) in [5.41, 5.74) is 4.45. The monoisotopic (exact) mass is 348 g/mol. The second kappa shape index (κ2) is 6.24. The van der Waals surface area contributed by atoms with E-state index in [-0.39, 0.29) is 5.91 Å². The first-order valence-corrected chi connectivity index (χ1v) is 9.29. The molecule has 5 nitrogen and oxygen atoms in total. The molecule has 2 aromatic heterocycles. The van der Waals surface area contributed by atoms with E-state index in [0.717, 1.165) is 59.5 Å². The maximum atomic E-state index is 13.0. The van der Waals surface area contributed by atoms with Crippen LogP contribution in [0.15, 0.2) is 36.7 Å². The molecule has 0 spiro atoms. The van der Waals surface area contributed by atoms with Crippen molar-refractivity contribution in [2.45, 2.75) is 45.4 Å². The van der Waals surface area contributed by atoms with Gasteiger partial charge in [-0.1, -0.05) is 19.8 Å². The molecule has 1 amide bonds. The smallest absolute Gasteiger partial charge is 0.237 e. The number of unbranched alkanes of at least 4 members (excludes halogenated alkanes) is 2. The molecule has 134 valence electrons. The highest BCUT2D eigenvalue weighted by molar-refractivity contribution is 6.09. The SMILES string of the molecule is CCCCCN1C(=O)C(C)(C)c2cc3[nH]c(-c4ccncc4)nc3cc21. The molecular weight excluding hydrogens is 324 g/mol. The third-order valence-corrected chi connectivity index (χ3v) is 5.28. The number of nitrogens with zero attached hydrogens (tertiary/aromatic N) is 3. The van der Waals surface area contributed by atoms with Gasteiger partial charge in [0.2, 0.25) is 5.91 Å². The fourth-order valence-electron chi connectivity index (χ4n) is 3.72. The lowest BCUT2D eigenvalue weighted by Gasteiger charge is -2.20. The number of amides is 1. The van der Waals surface area contributed by atoms with Crippen molar-refractivity contribution in [2.75, 3.05) is 11.4 Å². The molecule has 0 radical (unpaired) electrons. The Morgan fingerprint density at radius 2 is 1.92 bits per heavy atom. The maximum absolute atomic E-state index is 13.0. The van der Waals surface area contributed by atoms with E-state index in [2.05, 4.69) is 29.0 Å². The van der Waals surface area contributed by atoms with Gasteiger partial charge in [-0.2, -0.15) is 0 Å². The van der Waals surface area contributed by atoms with E-state index in [1.54, 1.807) is 12.4 Å². The van der Waals surface area contributed by atoms with Crippen LogP contribution in [0.25, 0.3) is 22.4 Å². The molecule has 0 saturated carbocycles. The van der Waals surface area contributed by atoms with Gasteiger partial charge in [-0.25, -0.2) is 4.98 Å². The Balaban J connectivity index is 1.79. The van der Waals surface area contributed by atoms with Crippen molar-refractivity contribution in [3.8, 4) is 11.4 Å². The predicted octanol–water partition coefficient (Wildman–Crippen LogP) is 4.44. The lowest BCUT2D eigenvalue weighted by Crippen LogP contribution is -2.36. The summed E-state index contributed by atoms with van der Waals surface area (Å²) in [5, 5.41) is 0. The number of nitrogens with one attached hydrogen (secondary N) is 1. The van der Waals surface area contributed by atoms with E-state index in [9.17, 15) is 4.79 Å². The van der Waals surface area contributed by atoms with Gasteiger partial charge in [0.25, 0.3) is 0 Å². The fourth-order valence-corrected chi connectivity index (χ4v) is 3.72. The quantitative estimate of drug-likeness (QED) is 0.693. The zero-order chi connectivity index (χ0) is 18.3. The zero-order valence-electron chi connectivity index (χ0n) is 15.5. The molecule has 4 rings (SSSR count). The molecule has 26 heavy (non-hydrogen) atoms. The Kier molecular flexibility index (Phi) is 4.02. The summed E-state index contributed by atoms with van der Waals surface area (Å²) < 4.78 is 0. The van der Waals surface area contributed by atoms with Gasteiger partial charge in [-0.15, -0.1) is 0 Å². The molecular formula is C21H24N4O. The van der Waals surface area contributed by atoms with Gasteiger partial charge in [-0.05, 0) is 50.1 Å². The summed E-state index contributed by atoms with van der Waals surface area (Å²) in [6.07, 6.45) is 6.83. The van der Waals surface area contributed by atoms with Crippen molar-refractivity contribution < 1.29 is 4.79 Å². The van der Waals surface area contributed by atoms with Crippen molar-refractivity contribution in [3.05, 3.63) is 42.2 Å². The number of anilines is 1. The molecule has 0 aliphatic carbocycles. The minimum atomic E-state index is -0.502. The maximum Gasteiger partial charge on any atom is 0.237 e. The number of imidazole rings is 1. The summed E-state index contributed by atoms with van der Waals surface area (Å²) in [6.45, 7) is 6.98. The van der Waals surface area contributed by atoms with Crippen LogP contribution in [0.4, 0.5) is 5.69 Å². The summed E-state index contributed by atoms with van der Waals surface area (Å²) in [7, 11) is 0. The van der Waals surface area contributed by atoms with Gasteiger partial charge in [0.05, 0.1) is 22.1 Å². The molecule has 0 saturated heterocycles. The van der Waals surface area contributed by atoms with Gasteiger partial charge in [0.1, 0.15) is 5.82 Å². The van der Waals surface area contributed by atoms with Crippen LogP contribution in [0.1, 0.15) is 45.6 Å². The van der Waals surface area contributed by atoms with E-state index >= 15 is 0 Å². The second-order valence-electron chi connectivity index (χ2n) is 7.50. The highest BCUT2D eigenvalue weighted by Gasteiger charge is 2.43. The lowest BCUT2D eigenvalue weighted by molar-refractivity contribution is -0.122. The first-order valence-electron chi connectivity index (χ1n) is 9.29. The van der Waals surface area contributed by atoms with Crippen LogP contribution in [0.5, 0.6) is 0 Å². The van der Waals surface area contributed by atoms with Gasteiger partial charge in [0, 0.05) is 24.5 Å². The molecule has 0 atom stereocenters. The van der Waals surface area contributed by atoms with Crippen LogP contribution in [0, 0.1) is 0 Å². The van der Waals surface area contributed by atoms with Crippen molar-refractivity contribution in [3.63, 3.8) is 0 Å². The third kappa shape index (κ3) is 2.59. The van der Waals surface area contributed by atoms with Crippen LogP contribution in [0.3, 0.4) is 0 Å². The lowest BCUT2D eigenvalue weighted by atomic mass is 9.86. The Hall–Kier alpha value is -2.69. The highest BCUT2D eigenvalue weighted by Crippen LogP contribution is 2.43. The number of hydrogen-bond donors (Lipinski definition) is 1. The molecule has 1 N–H and O–H groups in total. The van der Waals surface area contributed by atoms with Crippen molar-refractivity contribution in [1.82, 2.24) is 15.0 Å². The van der Waals surface area contributed by atoms with Gasteiger partial charge in [0.15, 0.2) is 0 Å². The van der Waals surface area contributed by atoms with E-state index < -0.39 is 5.41 Å². The molecule has 5 heteroatoms. The highest BCUT2D eigenvalue weighted by atomic mass is 16.2. The number of hydrogen-bond acceptors (Lipinski definition) is 3. The number of H-pyrrole nitrogens is 1. The van der Waals surface area contributed by atoms with Crippen LogP contribution < -0.4 is 4.90 Å². The Labute approximate surface area is 153 Å². The molecule has 0 fully saturated rings. The van der Waals surface area contributed by atoms with E-state index in [4.69, 9.17) is 4.98 Å². The Bertz CT molecular complexity index is 959. The molecule has 1 aliphatic rings. The van der Waals surface area contributed by atoms with Gasteiger partial charge >= 0.3 is 0 Å². The summed E-state index contributed by atoms with van der Waals surface area (Å²) >= 11 is 0. The number of pyridine rings is 1. The first-order chi connectivity index (χ1) is 12.5. The molecule has 1 aliphatic heterocycles. The molecule has 3 aromatic rings. The Morgan fingerprint density at radius 1 is 1.15 bits per heavy atom. The van der Waals surface area contributed by atoms with Crippen LogP contribution in [-0.2, 0) is 10.2 Å². The number of aromatic nitrogens is 3. The average molecular weight is 348 g/mol. The molecule has 3 heterocycles. The fraction of sp³-hybridized carbons (Fsp3) is 0.381. The second-order valence-corrected chi connectivity index (χ2v) is 7.50. The standard InChI is InChI=1S/C21H24N4O/c1-4-5-6-11-25-18-13-17-16(12-15(18)21(2,3)20(25)26)23-19(24-17)14-7-9-22-10-8-14/h7-10,12-13H,4-6,11H2,1-3H3,(H,23,24). The van der Waals surface area contributed by atoms with E-state index in [1.807, 2.05) is 30.9 Å². The number of benzene rings is 1. The first kappa shape index (κ1) is 16.8. The van der Waals surface area contributed by atoms with Gasteiger partial charge in [-0.3, -0.25) is 9.78 Å². The molecule has 0 unspecified atom stereocenters. The van der Waals surface area contributed by atoms with Crippen molar-refractivity contribution in [1.29, 1.82) is 0 Å². The number of rotatable bonds is 5. The number of carbonyl (C=O) groups is 1. The Morgan fingerprint density at radius 3 is 2.65 bits per heavy atom. The summed E-state index contributed by atoms with van der Waals surface area (Å²) in [5.74, 6) is 1.01. The summed E-state index contributed by atoms with van der Waals surface area (Å²) in [6, 6.07) is 8.04. The van der Waals surface area contributed by atoms with Gasteiger partial charge < -0.3 is 9.88 Å².